The van der Waals surface area contributed by atoms with Crippen molar-refractivity contribution in [3.05, 3.63) is 54.0 Å². The molecule has 2 aromatic rings. The number of hydrogen-bond acceptors (Lipinski definition) is 5. The van der Waals surface area contributed by atoms with Crippen LogP contribution >= 0.6 is 0 Å². The van der Waals surface area contributed by atoms with E-state index in [1.165, 1.54) is 5.56 Å². The first-order valence-corrected chi connectivity index (χ1v) is 9.87. The smallest absolute Gasteiger partial charge is 0.119 e. The summed E-state index contributed by atoms with van der Waals surface area (Å²) in [4.78, 5) is 2.19. The van der Waals surface area contributed by atoms with Gasteiger partial charge in [-0.15, -0.1) is 0 Å². The maximum absolute atomic E-state index is 10.5. The van der Waals surface area contributed by atoms with Crippen molar-refractivity contribution in [1.82, 2.24) is 4.90 Å². The van der Waals surface area contributed by atoms with Crippen molar-refractivity contribution in [3.63, 3.8) is 0 Å². The number of rotatable bonds is 10. The van der Waals surface area contributed by atoms with Gasteiger partial charge in [-0.25, -0.2) is 0 Å². The van der Waals surface area contributed by atoms with Crippen LogP contribution in [0.3, 0.4) is 0 Å². The lowest BCUT2D eigenvalue weighted by Gasteiger charge is -2.26. The van der Waals surface area contributed by atoms with Gasteiger partial charge in [0.15, 0.2) is 0 Å². The minimum absolute atomic E-state index is 0.233. The standard InChI is InChI=1S/C22H31NO4/c1-17(2)18-7-9-20(10-8-18)27-16-19(24)13-23(14-21-5-3-11-25-21)15-22-6-4-12-26-22/h3,5,7-11,17,19,22,24H,4,6,12-16H2,1-2H3. The Morgan fingerprint density at radius 3 is 2.67 bits per heavy atom. The van der Waals surface area contributed by atoms with Crippen molar-refractivity contribution in [3.8, 4) is 5.75 Å². The average Bonchev–Trinajstić information content (AvgIpc) is 3.34. The number of aliphatic hydroxyl groups is 1. The molecule has 1 aliphatic heterocycles. The molecule has 1 N–H and O–H groups in total. The molecule has 1 aromatic carbocycles. The first-order valence-electron chi connectivity index (χ1n) is 9.87. The van der Waals surface area contributed by atoms with Crippen LogP contribution in [0.15, 0.2) is 47.1 Å². The maximum Gasteiger partial charge on any atom is 0.119 e. The lowest BCUT2D eigenvalue weighted by molar-refractivity contribution is 0.0290. The quantitative estimate of drug-likeness (QED) is 0.686. The number of aliphatic hydroxyl groups excluding tert-OH is 1. The van der Waals surface area contributed by atoms with Crippen LogP contribution in [0.4, 0.5) is 0 Å². The van der Waals surface area contributed by atoms with E-state index in [0.29, 0.717) is 19.0 Å². The molecular weight excluding hydrogens is 342 g/mol. The second-order valence-electron chi connectivity index (χ2n) is 7.60. The van der Waals surface area contributed by atoms with Crippen molar-refractivity contribution in [2.45, 2.75) is 51.4 Å². The maximum atomic E-state index is 10.5. The summed E-state index contributed by atoms with van der Waals surface area (Å²) in [5.74, 6) is 2.18. The predicted molar refractivity (Wildman–Crippen MR) is 105 cm³/mol. The van der Waals surface area contributed by atoms with Gasteiger partial charge in [0.2, 0.25) is 0 Å². The molecule has 5 nitrogen and oxygen atoms in total. The van der Waals surface area contributed by atoms with Crippen LogP contribution < -0.4 is 4.74 Å². The molecule has 1 aliphatic rings. The van der Waals surface area contributed by atoms with Gasteiger partial charge in [-0.3, -0.25) is 4.90 Å². The topological polar surface area (TPSA) is 55.1 Å². The van der Waals surface area contributed by atoms with Gasteiger partial charge >= 0.3 is 0 Å². The van der Waals surface area contributed by atoms with E-state index in [0.717, 1.165) is 37.5 Å². The monoisotopic (exact) mass is 373 g/mol. The molecule has 1 aromatic heterocycles. The Morgan fingerprint density at radius 1 is 1.22 bits per heavy atom. The summed E-state index contributed by atoms with van der Waals surface area (Å²) in [6, 6.07) is 11.9. The Kier molecular flexibility index (Phi) is 7.33. The third kappa shape index (κ3) is 6.38. The molecule has 2 unspecified atom stereocenters. The number of benzene rings is 1. The fourth-order valence-electron chi connectivity index (χ4n) is 3.39. The largest absolute Gasteiger partial charge is 0.491 e. The fraction of sp³-hybridized carbons (Fsp3) is 0.545. The number of furan rings is 1. The van der Waals surface area contributed by atoms with E-state index in [1.807, 2.05) is 24.3 Å². The third-order valence-corrected chi connectivity index (χ3v) is 4.90. The molecule has 2 heterocycles. The molecule has 5 heteroatoms. The highest BCUT2D eigenvalue weighted by atomic mass is 16.5. The van der Waals surface area contributed by atoms with Crippen molar-refractivity contribution in [2.24, 2.45) is 0 Å². The van der Waals surface area contributed by atoms with Crippen LogP contribution in [-0.2, 0) is 11.3 Å². The van der Waals surface area contributed by atoms with Crippen LogP contribution in [0, 0.1) is 0 Å². The minimum Gasteiger partial charge on any atom is -0.491 e. The second-order valence-corrected chi connectivity index (χ2v) is 7.60. The zero-order valence-corrected chi connectivity index (χ0v) is 16.3. The molecule has 0 bridgehead atoms. The summed E-state index contributed by atoms with van der Waals surface area (Å²) in [7, 11) is 0. The minimum atomic E-state index is -0.578. The summed E-state index contributed by atoms with van der Waals surface area (Å²) in [6.45, 7) is 7.40. The molecule has 0 saturated carbocycles. The van der Waals surface area contributed by atoms with Crippen molar-refractivity contribution in [2.75, 3.05) is 26.3 Å². The van der Waals surface area contributed by atoms with Gasteiger partial charge in [0, 0.05) is 19.7 Å². The van der Waals surface area contributed by atoms with Crippen LogP contribution in [0.2, 0.25) is 0 Å². The lowest BCUT2D eigenvalue weighted by Crippen LogP contribution is -2.39. The zero-order chi connectivity index (χ0) is 19.1. The Labute approximate surface area is 161 Å². The molecule has 0 radical (unpaired) electrons. The Balaban J connectivity index is 1.50. The normalized spacial score (nSPS) is 18.3. The predicted octanol–water partition coefficient (Wildman–Crippen LogP) is 3.82. The van der Waals surface area contributed by atoms with Gasteiger partial charge in [-0.05, 0) is 48.6 Å². The first-order chi connectivity index (χ1) is 13.1. The van der Waals surface area contributed by atoms with Gasteiger partial charge in [0.25, 0.3) is 0 Å². The Hall–Kier alpha value is -1.82. The van der Waals surface area contributed by atoms with E-state index in [-0.39, 0.29) is 12.7 Å². The highest BCUT2D eigenvalue weighted by molar-refractivity contribution is 5.28. The SMILES string of the molecule is CC(C)c1ccc(OCC(O)CN(Cc2ccco2)CC2CCCO2)cc1. The molecular formula is C22H31NO4. The van der Waals surface area contributed by atoms with E-state index >= 15 is 0 Å². The lowest BCUT2D eigenvalue weighted by atomic mass is 10.0. The molecule has 2 atom stereocenters. The van der Waals surface area contributed by atoms with E-state index < -0.39 is 6.10 Å². The van der Waals surface area contributed by atoms with Gasteiger partial charge in [0.05, 0.1) is 18.9 Å². The van der Waals surface area contributed by atoms with E-state index in [4.69, 9.17) is 13.9 Å². The summed E-state index contributed by atoms with van der Waals surface area (Å²) in [5.41, 5.74) is 1.28. The average molecular weight is 373 g/mol. The van der Waals surface area contributed by atoms with Crippen molar-refractivity contribution >= 4 is 0 Å². The fourth-order valence-corrected chi connectivity index (χ4v) is 3.39. The molecule has 3 rings (SSSR count). The van der Waals surface area contributed by atoms with Crippen molar-refractivity contribution in [1.29, 1.82) is 0 Å². The van der Waals surface area contributed by atoms with Crippen LogP contribution in [0.25, 0.3) is 0 Å². The Bertz CT molecular complexity index is 647. The van der Waals surface area contributed by atoms with Crippen LogP contribution in [-0.4, -0.2) is 48.5 Å². The molecule has 0 aliphatic carbocycles. The zero-order valence-electron chi connectivity index (χ0n) is 16.3. The Morgan fingerprint density at radius 2 is 2.04 bits per heavy atom. The molecule has 0 amide bonds. The molecule has 0 spiro atoms. The second kappa shape index (κ2) is 9.93. The van der Waals surface area contributed by atoms with Gasteiger partial charge in [0.1, 0.15) is 24.2 Å². The van der Waals surface area contributed by atoms with E-state index in [2.05, 4.69) is 30.9 Å². The van der Waals surface area contributed by atoms with Gasteiger partial charge in [-0.2, -0.15) is 0 Å². The van der Waals surface area contributed by atoms with Crippen molar-refractivity contribution < 1.29 is 19.0 Å². The summed E-state index contributed by atoms with van der Waals surface area (Å²) < 4.78 is 17.0. The summed E-state index contributed by atoms with van der Waals surface area (Å²) >= 11 is 0. The molecule has 1 fully saturated rings. The number of hydrogen-bond donors (Lipinski definition) is 1. The van der Waals surface area contributed by atoms with Gasteiger partial charge < -0.3 is 19.0 Å². The first kappa shape index (κ1) is 19.9. The molecule has 27 heavy (non-hydrogen) atoms. The third-order valence-electron chi connectivity index (χ3n) is 4.90. The van der Waals surface area contributed by atoms with Gasteiger partial charge in [-0.1, -0.05) is 26.0 Å². The summed E-state index contributed by atoms with van der Waals surface area (Å²) in [5, 5.41) is 10.5. The number of nitrogens with zero attached hydrogens (tertiary/aromatic N) is 1. The highest BCUT2D eigenvalue weighted by Crippen LogP contribution is 2.19. The molecule has 1 saturated heterocycles. The summed E-state index contributed by atoms with van der Waals surface area (Å²) in [6.07, 6.45) is 3.52. The molecule has 148 valence electrons. The van der Waals surface area contributed by atoms with E-state index in [9.17, 15) is 5.11 Å². The number of ether oxygens (including phenoxy) is 2. The highest BCUT2D eigenvalue weighted by Gasteiger charge is 2.22. The van der Waals surface area contributed by atoms with Crippen LogP contribution in [0.1, 0.15) is 43.9 Å². The van der Waals surface area contributed by atoms with E-state index in [1.54, 1.807) is 6.26 Å². The van der Waals surface area contributed by atoms with Crippen LogP contribution in [0.5, 0.6) is 5.75 Å².